The second-order valence-electron chi connectivity index (χ2n) is 5.14. The van der Waals surface area contributed by atoms with E-state index in [1.54, 1.807) is 6.92 Å². The highest BCUT2D eigenvalue weighted by atomic mass is 16.5. The second kappa shape index (κ2) is 6.92. The maximum absolute atomic E-state index is 11.6. The van der Waals surface area contributed by atoms with Crippen LogP contribution in [0.15, 0.2) is 71.9 Å². The molecule has 0 aliphatic rings. The normalized spacial score (nSPS) is 11.6. The number of aromatic nitrogens is 1. The number of benzene rings is 2. The van der Waals surface area contributed by atoms with Crippen molar-refractivity contribution in [3.05, 3.63) is 77.8 Å². The number of nitrogens with zero attached hydrogens (tertiary/aromatic N) is 2. The zero-order valence-corrected chi connectivity index (χ0v) is 13.0. The number of fused-ring (bicyclic) bond motifs is 1. The Balaban J connectivity index is 2.07. The van der Waals surface area contributed by atoms with Gasteiger partial charge in [-0.25, -0.2) is 4.79 Å². The first-order chi connectivity index (χ1) is 11.3. The summed E-state index contributed by atoms with van der Waals surface area (Å²) in [5, 5.41) is 1.56. The van der Waals surface area contributed by atoms with Gasteiger partial charge in [-0.2, -0.15) is 4.99 Å². The summed E-state index contributed by atoms with van der Waals surface area (Å²) in [6.07, 6.45) is 1.39. The topological polar surface area (TPSA) is 43.6 Å². The van der Waals surface area contributed by atoms with Gasteiger partial charge in [0.25, 0.3) is 0 Å². The van der Waals surface area contributed by atoms with Gasteiger partial charge in [0.05, 0.1) is 17.5 Å². The summed E-state index contributed by atoms with van der Waals surface area (Å²) < 4.78 is 7.06. The average Bonchev–Trinajstić information content (AvgIpc) is 2.58. The van der Waals surface area contributed by atoms with Crippen LogP contribution in [0.1, 0.15) is 12.5 Å². The van der Waals surface area contributed by atoms with E-state index in [1.807, 2.05) is 54.7 Å². The molecule has 2 aromatic carbocycles. The molecule has 4 nitrogen and oxygen atoms in total. The molecule has 1 aromatic heterocycles. The Hall–Kier alpha value is -2.88. The van der Waals surface area contributed by atoms with Crippen molar-refractivity contribution in [3.63, 3.8) is 0 Å². The molecular formula is C19H18N2O2. The van der Waals surface area contributed by atoms with E-state index < -0.39 is 6.09 Å². The fraction of sp³-hybridized carbons (Fsp3) is 0.158. The van der Waals surface area contributed by atoms with Gasteiger partial charge >= 0.3 is 6.09 Å². The van der Waals surface area contributed by atoms with Gasteiger partial charge in [-0.1, -0.05) is 48.5 Å². The molecule has 4 heteroatoms. The number of hydrogen-bond donors (Lipinski definition) is 0. The molecule has 0 aliphatic heterocycles. The molecule has 0 unspecified atom stereocenters. The Bertz CT molecular complexity index is 883. The first-order valence-corrected chi connectivity index (χ1v) is 7.61. The predicted molar refractivity (Wildman–Crippen MR) is 90.1 cm³/mol. The lowest BCUT2D eigenvalue weighted by Crippen LogP contribution is -2.13. The number of carbonyl (C=O) groups is 1. The van der Waals surface area contributed by atoms with Crippen molar-refractivity contribution in [2.24, 2.45) is 4.99 Å². The second-order valence-corrected chi connectivity index (χ2v) is 5.14. The number of hydrogen-bond acceptors (Lipinski definition) is 2. The fourth-order valence-corrected chi connectivity index (χ4v) is 2.54. The third kappa shape index (κ3) is 3.48. The van der Waals surface area contributed by atoms with Crippen LogP contribution in [0.3, 0.4) is 0 Å². The molecule has 0 aliphatic carbocycles. The van der Waals surface area contributed by atoms with E-state index >= 15 is 0 Å². The number of amides is 1. The molecule has 0 saturated carbocycles. The van der Waals surface area contributed by atoms with Crippen molar-refractivity contribution in [2.45, 2.75) is 13.5 Å². The first-order valence-electron chi connectivity index (χ1n) is 7.61. The van der Waals surface area contributed by atoms with Crippen LogP contribution < -0.4 is 5.36 Å². The number of pyridine rings is 1. The molecule has 0 bridgehead atoms. The van der Waals surface area contributed by atoms with E-state index in [0.29, 0.717) is 12.0 Å². The number of ether oxygens (including phenoxy) is 1. The van der Waals surface area contributed by atoms with E-state index in [-0.39, 0.29) is 0 Å². The zero-order valence-electron chi connectivity index (χ0n) is 13.0. The third-order valence-electron chi connectivity index (χ3n) is 3.58. The van der Waals surface area contributed by atoms with E-state index in [4.69, 9.17) is 4.74 Å². The van der Waals surface area contributed by atoms with Gasteiger partial charge < -0.3 is 9.30 Å². The van der Waals surface area contributed by atoms with Crippen LogP contribution in [-0.4, -0.2) is 17.3 Å². The number of rotatable bonds is 3. The molecule has 0 N–H and O–H groups in total. The number of para-hydroxylation sites is 1. The van der Waals surface area contributed by atoms with E-state index in [9.17, 15) is 4.79 Å². The first kappa shape index (κ1) is 15.0. The minimum absolute atomic E-state index is 0.321. The minimum atomic E-state index is -0.557. The fourth-order valence-electron chi connectivity index (χ4n) is 2.54. The van der Waals surface area contributed by atoms with Crippen LogP contribution in [0.4, 0.5) is 4.79 Å². The highest BCUT2D eigenvalue weighted by molar-refractivity contribution is 5.80. The molecule has 0 atom stereocenters. The van der Waals surface area contributed by atoms with Crippen LogP contribution in [-0.2, 0) is 11.3 Å². The molecule has 1 amide bonds. The van der Waals surface area contributed by atoms with Gasteiger partial charge in [-0.05, 0) is 24.6 Å². The monoisotopic (exact) mass is 306 g/mol. The van der Waals surface area contributed by atoms with Crippen LogP contribution in [0.2, 0.25) is 0 Å². The molecule has 1 heterocycles. The minimum Gasteiger partial charge on any atom is -0.448 e. The largest absolute Gasteiger partial charge is 0.448 e. The summed E-state index contributed by atoms with van der Waals surface area (Å²) in [5.74, 6) is 0. The zero-order chi connectivity index (χ0) is 16.1. The highest BCUT2D eigenvalue weighted by Crippen LogP contribution is 2.12. The van der Waals surface area contributed by atoms with Crippen LogP contribution in [0.5, 0.6) is 0 Å². The van der Waals surface area contributed by atoms with Gasteiger partial charge in [0.2, 0.25) is 0 Å². The Morgan fingerprint density at radius 3 is 2.57 bits per heavy atom. The van der Waals surface area contributed by atoms with Crippen LogP contribution >= 0.6 is 0 Å². The van der Waals surface area contributed by atoms with E-state index in [0.717, 1.165) is 17.4 Å². The van der Waals surface area contributed by atoms with E-state index in [2.05, 4.69) is 21.7 Å². The van der Waals surface area contributed by atoms with Gasteiger partial charge in [0.15, 0.2) is 0 Å². The van der Waals surface area contributed by atoms with Gasteiger partial charge in [-0.15, -0.1) is 0 Å². The molecule has 3 aromatic rings. The molecule has 116 valence electrons. The average molecular weight is 306 g/mol. The Kier molecular flexibility index (Phi) is 4.52. The molecule has 3 rings (SSSR count). The predicted octanol–water partition coefficient (Wildman–Crippen LogP) is 3.75. The SMILES string of the molecule is CCOC(=O)N=c1ccn(Cc2ccccc2)c2ccccc12. The number of carbonyl (C=O) groups excluding carboxylic acids is 1. The standard InChI is InChI=1S/C19H18N2O2/c1-2-23-19(22)20-17-12-13-21(14-15-8-4-3-5-9-15)18-11-7-6-10-16(17)18/h3-13H,2,14H2,1H3. The third-order valence-corrected chi connectivity index (χ3v) is 3.58. The summed E-state index contributed by atoms with van der Waals surface area (Å²) in [5.41, 5.74) is 2.25. The molecule has 23 heavy (non-hydrogen) atoms. The van der Waals surface area contributed by atoms with Crippen molar-refractivity contribution in [3.8, 4) is 0 Å². The summed E-state index contributed by atoms with van der Waals surface area (Å²) in [6.45, 7) is 2.85. The van der Waals surface area contributed by atoms with Crippen molar-refractivity contribution in [2.75, 3.05) is 6.61 Å². The van der Waals surface area contributed by atoms with Gasteiger partial charge in [0.1, 0.15) is 0 Å². The lowest BCUT2D eigenvalue weighted by atomic mass is 10.1. The van der Waals surface area contributed by atoms with E-state index in [1.165, 1.54) is 5.56 Å². The van der Waals surface area contributed by atoms with Gasteiger partial charge in [0, 0.05) is 18.1 Å². The lowest BCUT2D eigenvalue weighted by molar-refractivity contribution is 0.162. The Morgan fingerprint density at radius 2 is 1.78 bits per heavy atom. The molecule has 0 radical (unpaired) electrons. The quantitative estimate of drug-likeness (QED) is 0.739. The smallest absolute Gasteiger partial charge is 0.434 e. The molecule has 0 fully saturated rings. The highest BCUT2D eigenvalue weighted by Gasteiger charge is 2.04. The van der Waals surface area contributed by atoms with Crippen LogP contribution in [0.25, 0.3) is 10.9 Å². The molecule has 0 saturated heterocycles. The Morgan fingerprint density at radius 1 is 1.04 bits per heavy atom. The summed E-state index contributed by atoms with van der Waals surface area (Å²) in [7, 11) is 0. The maximum atomic E-state index is 11.6. The maximum Gasteiger partial charge on any atom is 0.434 e. The van der Waals surface area contributed by atoms with Crippen molar-refractivity contribution in [1.29, 1.82) is 0 Å². The summed E-state index contributed by atoms with van der Waals surface area (Å²) in [4.78, 5) is 15.7. The van der Waals surface area contributed by atoms with Crippen molar-refractivity contribution in [1.82, 2.24) is 4.57 Å². The van der Waals surface area contributed by atoms with Crippen LogP contribution in [0, 0.1) is 0 Å². The molecule has 0 spiro atoms. The van der Waals surface area contributed by atoms with Crippen molar-refractivity contribution >= 4 is 17.0 Å². The Labute approximate surface area is 134 Å². The summed E-state index contributed by atoms with van der Waals surface area (Å²) in [6, 6.07) is 20.0. The molecular weight excluding hydrogens is 288 g/mol. The lowest BCUT2D eigenvalue weighted by Gasteiger charge is -2.11. The summed E-state index contributed by atoms with van der Waals surface area (Å²) >= 11 is 0. The van der Waals surface area contributed by atoms with Crippen molar-refractivity contribution < 1.29 is 9.53 Å². The van der Waals surface area contributed by atoms with Gasteiger partial charge in [-0.3, -0.25) is 0 Å².